The van der Waals surface area contributed by atoms with Gasteiger partial charge in [-0.2, -0.15) is 0 Å². The second-order valence-corrected chi connectivity index (χ2v) is 9.88. The fraction of sp³-hybridized carbons (Fsp3) is 0.308. The van der Waals surface area contributed by atoms with Crippen molar-refractivity contribution in [3.05, 3.63) is 75.2 Å². The lowest BCUT2D eigenvalue weighted by atomic mass is 9.88. The minimum Gasteiger partial charge on any atom is -0.493 e. The van der Waals surface area contributed by atoms with E-state index in [-0.39, 0.29) is 5.91 Å². The van der Waals surface area contributed by atoms with Gasteiger partial charge in [0.1, 0.15) is 11.2 Å². The van der Waals surface area contributed by atoms with Crippen molar-refractivity contribution in [3.63, 3.8) is 0 Å². The first kappa shape index (κ1) is 21.5. The fourth-order valence-electron chi connectivity index (χ4n) is 4.43. The SMILES string of the molecule is COc1cc([C@H]2NC(=O)c3c(sc4c3CC[C@H](C)C4)N2)ccc1OC(=O)c1ccc(C)cc1. The summed E-state index contributed by atoms with van der Waals surface area (Å²) in [4.78, 5) is 26.8. The number of rotatable bonds is 4. The van der Waals surface area contributed by atoms with Gasteiger partial charge in [0.05, 0.1) is 18.2 Å². The summed E-state index contributed by atoms with van der Waals surface area (Å²) in [6.07, 6.45) is 2.71. The number of anilines is 1. The fourth-order valence-corrected chi connectivity index (χ4v) is 5.86. The van der Waals surface area contributed by atoms with E-state index in [0.29, 0.717) is 23.0 Å². The molecular weight excluding hydrogens is 436 g/mol. The molecule has 1 aliphatic carbocycles. The largest absolute Gasteiger partial charge is 0.493 e. The van der Waals surface area contributed by atoms with Gasteiger partial charge in [-0.05, 0) is 67.5 Å². The molecule has 3 aromatic rings. The standard InChI is InChI=1S/C26H26N2O4S/c1-14-4-7-16(8-5-14)26(30)32-19-11-9-17(13-20(19)31-3)23-27-24(29)22-18-10-6-15(2)12-21(18)33-25(22)28-23/h4-5,7-9,11,13,15,23,28H,6,10,12H2,1-3H3,(H,27,29)/t15-,23-/m0/s1. The Labute approximate surface area is 196 Å². The lowest BCUT2D eigenvalue weighted by molar-refractivity contribution is 0.0729. The quantitative estimate of drug-likeness (QED) is 0.408. The van der Waals surface area contributed by atoms with Crippen LogP contribution in [0.5, 0.6) is 11.5 Å². The van der Waals surface area contributed by atoms with Crippen molar-refractivity contribution in [3.8, 4) is 11.5 Å². The molecule has 2 heterocycles. The minimum atomic E-state index is -0.451. The molecule has 1 aliphatic heterocycles. The number of benzene rings is 2. The topological polar surface area (TPSA) is 76.7 Å². The Morgan fingerprint density at radius 3 is 2.64 bits per heavy atom. The van der Waals surface area contributed by atoms with Gasteiger partial charge >= 0.3 is 5.97 Å². The van der Waals surface area contributed by atoms with Gasteiger partial charge in [-0.25, -0.2) is 4.79 Å². The first-order valence-electron chi connectivity index (χ1n) is 11.1. The molecule has 2 N–H and O–H groups in total. The number of nitrogens with one attached hydrogen (secondary N) is 2. The Balaban J connectivity index is 1.38. The molecule has 0 radical (unpaired) electrons. The number of carbonyl (C=O) groups is 2. The summed E-state index contributed by atoms with van der Waals surface area (Å²) in [7, 11) is 1.53. The number of thiophene rings is 1. The highest BCUT2D eigenvalue weighted by Crippen LogP contribution is 2.43. The smallest absolute Gasteiger partial charge is 0.343 e. The maximum Gasteiger partial charge on any atom is 0.343 e. The lowest BCUT2D eigenvalue weighted by Crippen LogP contribution is -2.38. The van der Waals surface area contributed by atoms with Crippen LogP contribution in [0.25, 0.3) is 0 Å². The van der Waals surface area contributed by atoms with Crippen LogP contribution in [0.3, 0.4) is 0 Å². The molecule has 0 saturated heterocycles. The normalized spacial score (nSPS) is 19.1. The number of fused-ring (bicyclic) bond motifs is 3. The van der Waals surface area contributed by atoms with Crippen LogP contribution in [0.2, 0.25) is 0 Å². The van der Waals surface area contributed by atoms with Gasteiger partial charge in [0.2, 0.25) is 0 Å². The van der Waals surface area contributed by atoms with Gasteiger partial charge in [-0.1, -0.05) is 30.7 Å². The highest BCUT2D eigenvalue weighted by Gasteiger charge is 2.33. The van der Waals surface area contributed by atoms with Crippen LogP contribution in [0.4, 0.5) is 5.00 Å². The van der Waals surface area contributed by atoms with Crippen LogP contribution < -0.4 is 20.1 Å². The Hall–Kier alpha value is -3.32. The van der Waals surface area contributed by atoms with Crippen LogP contribution in [0.15, 0.2) is 42.5 Å². The molecule has 0 spiro atoms. The van der Waals surface area contributed by atoms with Crippen molar-refractivity contribution in [1.82, 2.24) is 5.32 Å². The molecule has 2 aliphatic rings. The number of amides is 1. The number of methoxy groups -OCH3 is 1. The summed E-state index contributed by atoms with van der Waals surface area (Å²) in [5, 5.41) is 7.48. The van der Waals surface area contributed by atoms with Crippen LogP contribution in [-0.2, 0) is 12.8 Å². The van der Waals surface area contributed by atoms with Crippen molar-refractivity contribution in [1.29, 1.82) is 0 Å². The Kier molecular flexibility index (Phi) is 5.58. The number of hydrogen-bond donors (Lipinski definition) is 2. The molecule has 1 amide bonds. The lowest BCUT2D eigenvalue weighted by Gasteiger charge is -2.27. The predicted octanol–water partition coefficient (Wildman–Crippen LogP) is 5.26. The zero-order valence-corrected chi connectivity index (χ0v) is 19.7. The summed E-state index contributed by atoms with van der Waals surface area (Å²) in [6.45, 7) is 4.22. The predicted molar refractivity (Wildman–Crippen MR) is 128 cm³/mol. The maximum atomic E-state index is 13.0. The first-order valence-corrected chi connectivity index (χ1v) is 11.9. The molecular formula is C26H26N2O4S. The average molecular weight is 463 g/mol. The van der Waals surface area contributed by atoms with E-state index < -0.39 is 12.1 Å². The minimum absolute atomic E-state index is 0.0466. The summed E-state index contributed by atoms with van der Waals surface area (Å²) in [5.41, 5.74) is 4.36. The molecule has 2 atom stereocenters. The summed E-state index contributed by atoms with van der Waals surface area (Å²) in [6, 6.07) is 12.5. The van der Waals surface area contributed by atoms with Crippen LogP contribution in [-0.4, -0.2) is 19.0 Å². The van der Waals surface area contributed by atoms with Crippen LogP contribution in [0.1, 0.15) is 61.8 Å². The molecule has 0 bridgehead atoms. The average Bonchev–Trinajstić information content (AvgIpc) is 3.17. The van der Waals surface area contributed by atoms with E-state index in [4.69, 9.17) is 9.47 Å². The van der Waals surface area contributed by atoms with E-state index in [1.165, 1.54) is 17.6 Å². The zero-order valence-electron chi connectivity index (χ0n) is 18.9. The highest BCUT2D eigenvalue weighted by atomic mass is 32.1. The molecule has 33 heavy (non-hydrogen) atoms. The zero-order chi connectivity index (χ0) is 23.1. The van der Waals surface area contributed by atoms with Crippen molar-refractivity contribution < 1.29 is 19.1 Å². The molecule has 6 nitrogen and oxygen atoms in total. The van der Waals surface area contributed by atoms with Gasteiger partial charge in [-0.3, -0.25) is 4.79 Å². The number of aryl methyl sites for hydroxylation is 1. The number of esters is 1. The Morgan fingerprint density at radius 2 is 1.88 bits per heavy atom. The van der Waals surface area contributed by atoms with Crippen molar-refractivity contribution in [2.24, 2.45) is 5.92 Å². The molecule has 7 heteroatoms. The maximum absolute atomic E-state index is 13.0. The van der Waals surface area contributed by atoms with E-state index in [1.807, 2.05) is 25.1 Å². The third-order valence-corrected chi connectivity index (χ3v) is 7.49. The third kappa shape index (κ3) is 4.09. The molecule has 0 fully saturated rings. The number of hydrogen-bond acceptors (Lipinski definition) is 6. The monoisotopic (exact) mass is 462 g/mol. The van der Waals surface area contributed by atoms with Crippen molar-refractivity contribution in [2.45, 2.75) is 39.3 Å². The second-order valence-electron chi connectivity index (χ2n) is 8.77. The second kappa shape index (κ2) is 8.56. The van der Waals surface area contributed by atoms with Gasteiger partial charge in [0, 0.05) is 4.88 Å². The van der Waals surface area contributed by atoms with Gasteiger partial charge in [-0.15, -0.1) is 11.3 Å². The third-order valence-electron chi connectivity index (χ3n) is 6.30. The van der Waals surface area contributed by atoms with E-state index in [1.54, 1.807) is 35.6 Å². The van der Waals surface area contributed by atoms with Gasteiger partial charge in [0.25, 0.3) is 5.91 Å². The summed E-state index contributed by atoms with van der Waals surface area (Å²) >= 11 is 1.69. The highest BCUT2D eigenvalue weighted by molar-refractivity contribution is 7.16. The van der Waals surface area contributed by atoms with E-state index in [2.05, 4.69) is 17.6 Å². The van der Waals surface area contributed by atoms with Crippen LogP contribution in [0, 0.1) is 12.8 Å². The molecule has 170 valence electrons. The van der Waals surface area contributed by atoms with Crippen molar-refractivity contribution >= 4 is 28.2 Å². The molecule has 0 saturated carbocycles. The molecule has 2 aromatic carbocycles. The molecule has 1 aromatic heterocycles. The first-order chi connectivity index (χ1) is 15.9. The van der Waals surface area contributed by atoms with E-state index in [0.717, 1.165) is 41.0 Å². The van der Waals surface area contributed by atoms with E-state index in [9.17, 15) is 9.59 Å². The van der Waals surface area contributed by atoms with Crippen molar-refractivity contribution in [2.75, 3.05) is 12.4 Å². The van der Waals surface area contributed by atoms with E-state index >= 15 is 0 Å². The number of carbonyl (C=O) groups excluding carboxylic acids is 2. The van der Waals surface area contributed by atoms with Gasteiger partial charge in [0.15, 0.2) is 11.5 Å². The Morgan fingerprint density at radius 1 is 1.09 bits per heavy atom. The number of ether oxygens (including phenoxy) is 2. The summed E-state index contributed by atoms with van der Waals surface area (Å²) < 4.78 is 11.1. The van der Waals surface area contributed by atoms with Crippen LogP contribution >= 0.6 is 11.3 Å². The Bertz CT molecular complexity index is 1230. The summed E-state index contributed by atoms with van der Waals surface area (Å²) in [5.74, 6) is 0.906. The molecule has 5 rings (SSSR count). The molecule has 0 unspecified atom stereocenters. The van der Waals surface area contributed by atoms with Gasteiger partial charge < -0.3 is 20.1 Å².